The Morgan fingerprint density at radius 2 is 2.14 bits per heavy atom. The first-order valence-electron chi connectivity index (χ1n) is 6.35. The van der Waals surface area contributed by atoms with Crippen molar-refractivity contribution in [3.63, 3.8) is 0 Å². The van der Waals surface area contributed by atoms with Crippen LogP contribution in [0.15, 0.2) is 45.9 Å². The van der Waals surface area contributed by atoms with Gasteiger partial charge < -0.3 is 4.42 Å². The minimum atomic E-state index is -3.60. The van der Waals surface area contributed by atoms with Gasteiger partial charge in [0.15, 0.2) is 0 Å². The van der Waals surface area contributed by atoms with E-state index in [-0.39, 0.29) is 4.90 Å². The molecule has 21 heavy (non-hydrogen) atoms. The smallest absolute Gasteiger partial charge is 0.240 e. The zero-order valence-corrected chi connectivity index (χ0v) is 13.1. The second-order valence-electron chi connectivity index (χ2n) is 4.44. The van der Waals surface area contributed by atoms with Gasteiger partial charge in [0, 0.05) is 12.3 Å². The normalized spacial score (nSPS) is 11.7. The van der Waals surface area contributed by atoms with Gasteiger partial charge in [-0.15, -0.1) is 0 Å². The Labute approximate surface area is 127 Å². The van der Waals surface area contributed by atoms with Crippen LogP contribution < -0.4 is 4.72 Å². The van der Waals surface area contributed by atoms with E-state index < -0.39 is 15.8 Å². The van der Waals surface area contributed by atoms with E-state index in [1.54, 1.807) is 24.9 Å². The Balaban J connectivity index is 1.84. The third kappa shape index (κ3) is 4.59. The van der Waals surface area contributed by atoms with E-state index in [4.69, 9.17) is 4.42 Å². The van der Waals surface area contributed by atoms with Crippen LogP contribution in [0, 0.1) is 12.7 Å². The summed E-state index contributed by atoms with van der Waals surface area (Å²) in [5.41, 5.74) is 0.394. The molecule has 0 saturated carbocycles. The third-order valence-corrected chi connectivity index (χ3v) is 5.39. The molecular formula is C14H16FNO3S2. The molecule has 0 aliphatic heterocycles. The summed E-state index contributed by atoms with van der Waals surface area (Å²) < 4.78 is 44.9. The molecule has 0 saturated heterocycles. The summed E-state index contributed by atoms with van der Waals surface area (Å²) in [6.07, 6.45) is 1.61. The van der Waals surface area contributed by atoms with E-state index in [1.165, 1.54) is 12.1 Å². The first kappa shape index (κ1) is 16.1. The van der Waals surface area contributed by atoms with E-state index in [1.807, 2.05) is 12.1 Å². The molecule has 0 spiro atoms. The van der Waals surface area contributed by atoms with Crippen molar-refractivity contribution in [2.45, 2.75) is 17.6 Å². The standard InChI is InChI=1S/C14H16FNO3S2/c1-11-9-12(15)4-5-14(11)21(17,18)16-6-8-20-10-13-3-2-7-19-13/h2-5,7,9,16H,6,8,10H2,1H3. The molecule has 1 N–H and O–H groups in total. The molecule has 7 heteroatoms. The molecule has 0 fully saturated rings. The van der Waals surface area contributed by atoms with E-state index in [2.05, 4.69) is 4.72 Å². The maximum absolute atomic E-state index is 13.0. The molecule has 1 aromatic heterocycles. The molecule has 0 bridgehead atoms. The number of aryl methyl sites for hydroxylation is 1. The highest BCUT2D eigenvalue weighted by Gasteiger charge is 2.16. The van der Waals surface area contributed by atoms with Gasteiger partial charge in [0.2, 0.25) is 10.0 Å². The minimum Gasteiger partial charge on any atom is -0.468 e. The maximum atomic E-state index is 13.0. The van der Waals surface area contributed by atoms with Crippen LogP contribution in [0.3, 0.4) is 0 Å². The quantitative estimate of drug-likeness (QED) is 0.794. The maximum Gasteiger partial charge on any atom is 0.240 e. The van der Waals surface area contributed by atoms with Gasteiger partial charge in [0.1, 0.15) is 11.6 Å². The van der Waals surface area contributed by atoms with Gasteiger partial charge in [-0.25, -0.2) is 17.5 Å². The first-order chi connectivity index (χ1) is 9.99. The molecule has 2 rings (SSSR count). The van der Waals surface area contributed by atoms with E-state index in [0.717, 1.165) is 11.8 Å². The number of hydrogen-bond donors (Lipinski definition) is 1. The fourth-order valence-corrected chi connectivity index (χ4v) is 3.95. The van der Waals surface area contributed by atoms with Crippen molar-refractivity contribution in [1.82, 2.24) is 4.72 Å². The van der Waals surface area contributed by atoms with Crippen molar-refractivity contribution < 1.29 is 17.2 Å². The number of hydrogen-bond acceptors (Lipinski definition) is 4. The highest BCUT2D eigenvalue weighted by atomic mass is 32.2. The van der Waals surface area contributed by atoms with E-state index >= 15 is 0 Å². The lowest BCUT2D eigenvalue weighted by Gasteiger charge is -2.09. The lowest BCUT2D eigenvalue weighted by molar-refractivity contribution is 0.530. The molecule has 0 radical (unpaired) electrons. The molecular weight excluding hydrogens is 313 g/mol. The summed E-state index contributed by atoms with van der Waals surface area (Å²) in [7, 11) is -3.60. The lowest BCUT2D eigenvalue weighted by atomic mass is 10.2. The Morgan fingerprint density at radius 3 is 2.81 bits per heavy atom. The summed E-state index contributed by atoms with van der Waals surface area (Å²) in [5.74, 6) is 1.74. The summed E-state index contributed by atoms with van der Waals surface area (Å²) in [4.78, 5) is 0.111. The number of rotatable bonds is 7. The molecule has 0 unspecified atom stereocenters. The van der Waals surface area contributed by atoms with Crippen LogP contribution in [0.25, 0.3) is 0 Å². The number of thioether (sulfide) groups is 1. The van der Waals surface area contributed by atoms with Crippen LogP contribution in [-0.4, -0.2) is 20.7 Å². The molecule has 4 nitrogen and oxygen atoms in total. The molecule has 2 aromatic rings. The Bertz CT molecular complexity index is 684. The molecule has 1 aromatic carbocycles. The van der Waals surface area contributed by atoms with Crippen molar-refractivity contribution in [1.29, 1.82) is 0 Å². The molecule has 0 aliphatic rings. The largest absolute Gasteiger partial charge is 0.468 e. The molecule has 1 heterocycles. The fourth-order valence-electron chi connectivity index (χ4n) is 1.81. The van der Waals surface area contributed by atoms with Crippen LogP contribution in [0.5, 0.6) is 0 Å². The Morgan fingerprint density at radius 1 is 1.33 bits per heavy atom. The SMILES string of the molecule is Cc1cc(F)ccc1S(=O)(=O)NCCSCc1ccco1. The summed E-state index contributed by atoms with van der Waals surface area (Å²) in [5, 5.41) is 0. The van der Waals surface area contributed by atoms with Crippen LogP contribution in [-0.2, 0) is 15.8 Å². The van der Waals surface area contributed by atoms with Gasteiger partial charge in [-0.2, -0.15) is 11.8 Å². The molecule has 114 valence electrons. The van der Waals surface area contributed by atoms with Gasteiger partial charge in [-0.3, -0.25) is 0 Å². The number of furan rings is 1. The summed E-state index contributed by atoms with van der Waals surface area (Å²) in [6.45, 7) is 1.88. The number of sulfonamides is 1. The highest BCUT2D eigenvalue weighted by Crippen LogP contribution is 2.16. The van der Waals surface area contributed by atoms with Gasteiger partial charge >= 0.3 is 0 Å². The van der Waals surface area contributed by atoms with Crippen molar-refractivity contribution in [2.75, 3.05) is 12.3 Å². The Kier molecular flexibility index (Phi) is 5.44. The summed E-state index contributed by atoms with van der Waals surface area (Å²) >= 11 is 1.57. The first-order valence-corrected chi connectivity index (χ1v) is 8.99. The summed E-state index contributed by atoms with van der Waals surface area (Å²) in [6, 6.07) is 7.32. The van der Waals surface area contributed by atoms with Crippen molar-refractivity contribution >= 4 is 21.8 Å². The van der Waals surface area contributed by atoms with Crippen molar-refractivity contribution in [2.24, 2.45) is 0 Å². The van der Waals surface area contributed by atoms with E-state index in [9.17, 15) is 12.8 Å². The predicted molar refractivity (Wildman–Crippen MR) is 81.2 cm³/mol. The average Bonchev–Trinajstić information content (AvgIpc) is 2.91. The van der Waals surface area contributed by atoms with Gasteiger partial charge in [0.05, 0.1) is 16.9 Å². The number of halogens is 1. The molecule has 0 atom stereocenters. The average molecular weight is 329 g/mol. The zero-order valence-electron chi connectivity index (χ0n) is 11.5. The Hall–Kier alpha value is -1.31. The lowest BCUT2D eigenvalue weighted by Crippen LogP contribution is -2.26. The van der Waals surface area contributed by atoms with Gasteiger partial charge in [-0.05, 0) is 42.8 Å². The second kappa shape index (κ2) is 7.11. The minimum absolute atomic E-state index is 0.111. The third-order valence-electron chi connectivity index (χ3n) is 2.79. The van der Waals surface area contributed by atoms with E-state index in [0.29, 0.717) is 23.6 Å². The van der Waals surface area contributed by atoms with Crippen molar-refractivity contribution in [3.05, 3.63) is 53.7 Å². The topological polar surface area (TPSA) is 59.3 Å². The second-order valence-corrected chi connectivity index (χ2v) is 7.28. The van der Waals surface area contributed by atoms with Gasteiger partial charge in [-0.1, -0.05) is 0 Å². The monoisotopic (exact) mass is 329 g/mol. The number of benzene rings is 1. The molecule has 0 amide bonds. The van der Waals surface area contributed by atoms with Crippen molar-refractivity contribution in [3.8, 4) is 0 Å². The van der Waals surface area contributed by atoms with Crippen LogP contribution in [0.2, 0.25) is 0 Å². The van der Waals surface area contributed by atoms with Crippen LogP contribution in [0.1, 0.15) is 11.3 Å². The zero-order chi connectivity index (χ0) is 15.3. The van der Waals surface area contributed by atoms with Gasteiger partial charge in [0.25, 0.3) is 0 Å². The fraction of sp³-hybridized carbons (Fsp3) is 0.286. The van der Waals surface area contributed by atoms with Crippen LogP contribution in [0.4, 0.5) is 4.39 Å². The number of nitrogens with one attached hydrogen (secondary N) is 1. The predicted octanol–water partition coefficient (Wildman–Crippen LogP) is 2.94. The van der Waals surface area contributed by atoms with Crippen LogP contribution >= 0.6 is 11.8 Å². The highest BCUT2D eigenvalue weighted by molar-refractivity contribution is 7.98. The molecule has 0 aliphatic carbocycles.